The van der Waals surface area contributed by atoms with Crippen molar-refractivity contribution in [3.05, 3.63) is 59.7 Å². The van der Waals surface area contributed by atoms with Crippen LogP contribution in [-0.2, 0) is 13.5 Å². The Morgan fingerprint density at radius 2 is 1.85 bits per heavy atom. The van der Waals surface area contributed by atoms with Crippen molar-refractivity contribution >= 4 is 28.6 Å². The summed E-state index contributed by atoms with van der Waals surface area (Å²) in [6, 6.07) is 12.1. The van der Waals surface area contributed by atoms with E-state index in [2.05, 4.69) is 27.1 Å². The molecule has 0 unspecified atom stereocenters. The van der Waals surface area contributed by atoms with Crippen LogP contribution in [0.4, 0.5) is 16.3 Å². The highest BCUT2D eigenvalue weighted by atomic mass is 16.5. The van der Waals surface area contributed by atoms with Crippen LogP contribution >= 0.6 is 0 Å². The number of methoxy groups -OCH3 is 1. The SMILES string of the molecule is COc1ccc2c(c1)CCN(C1CCN(c3cc(Oc4cc(C)c5nc(C6CC6)[nH]c5c4)nc[n+]3C)CC1)C(=O)N2. The molecule has 4 heterocycles. The van der Waals surface area contributed by atoms with Crippen molar-refractivity contribution in [3.8, 4) is 17.4 Å². The van der Waals surface area contributed by atoms with Crippen molar-refractivity contribution in [1.29, 1.82) is 0 Å². The number of fused-ring (bicyclic) bond motifs is 2. The Bertz CT molecular complexity index is 1620. The van der Waals surface area contributed by atoms with E-state index in [1.54, 1.807) is 13.4 Å². The van der Waals surface area contributed by atoms with Gasteiger partial charge in [0.2, 0.25) is 12.1 Å². The largest absolute Gasteiger partial charge is 0.497 e. The molecular formula is C31H36N7O3+. The molecule has 7 rings (SSSR count). The topological polar surface area (TPSA) is 99.5 Å². The molecule has 0 bridgehead atoms. The van der Waals surface area contributed by atoms with Gasteiger partial charge >= 0.3 is 11.9 Å². The number of carbonyl (C=O) groups is 1. The van der Waals surface area contributed by atoms with Crippen molar-refractivity contribution in [2.45, 2.75) is 51.0 Å². The first-order valence-electron chi connectivity index (χ1n) is 14.5. The summed E-state index contributed by atoms with van der Waals surface area (Å²) in [5, 5.41) is 3.11. The molecule has 2 amide bonds. The number of imidazole rings is 1. The Hall–Kier alpha value is -4.34. The van der Waals surface area contributed by atoms with Gasteiger partial charge in [0, 0.05) is 30.3 Å². The summed E-state index contributed by atoms with van der Waals surface area (Å²) >= 11 is 0. The van der Waals surface area contributed by atoms with Crippen molar-refractivity contribution in [2.24, 2.45) is 7.05 Å². The number of urea groups is 1. The molecule has 0 radical (unpaired) electrons. The Morgan fingerprint density at radius 3 is 2.63 bits per heavy atom. The van der Waals surface area contributed by atoms with Crippen LogP contribution in [0.5, 0.6) is 17.4 Å². The third kappa shape index (κ3) is 5.03. The smallest absolute Gasteiger partial charge is 0.322 e. The van der Waals surface area contributed by atoms with Gasteiger partial charge in [-0.25, -0.2) is 14.3 Å². The molecule has 1 saturated heterocycles. The van der Waals surface area contributed by atoms with Gasteiger partial charge in [0.25, 0.3) is 0 Å². The summed E-state index contributed by atoms with van der Waals surface area (Å²) in [5.41, 5.74) is 5.09. The van der Waals surface area contributed by atoms with E-state index in [9.17, 15) is 4.79 Å². The third-order valence-corrected chi connectivity index (χ3v) is 8.59. The fraction of sp³-hybridized carbons (Fsp3) is 0.419. The maximum absolute atomic E-state index is 13.1. The molecule has 1 aliphatic carbocycles. The maximum Gasteiger partial charge on any atom is 0.322 e. The van der Waals surface area contributed by atoms with Gasteiger partial charge in [-0.3, -0.25) is 4.90 Å². The fourth-order valence-electron chi connectivity index (χ4n) is 6.14. The second-order valence-electron chi connectivity index (χ2n) is 11.4. The third-order valence-electron chi connectivity index (χ3n) is 8.59. The standard InChI is InChI=1S/C31H35N7O3/c1-19-14-24(16-26-29(19)35-30(33-26)20-4-5-20)41-27-17-28(36(2)18-32-27)37-11-9-22(10-12-37)38-13-8-21-15-23(40-3)6-7-25(21)34-31(38)39/h6-7,14-18,20,22H,4-5,8-13H2,1-3H3,(H-,33,34,35,39)/p+1. The zero-order valence-electron chi connectivity index (χ0n) is 23.8. The highest BCUT2D eigenvalue weighted by molar-refractivity contribution is 5.91. The van der Waals surface area contributed by atoms with E-state index < -0.39 is 0 Å². The van der Waals surface area contributed by atoms with Gasteiger partial charge in [0.15, 0.2) is 0 Å². The Morgan fingerprint density at radius 1 is 1.02 bits per heavy atom. The fourth-order valence-corrected chi connectivity index (χ4v) is 6.14. The lowest BCUT2D eigenvalue weighted by Gasteiger charge is -2.36. The number of nitrogens with zero attached hydrogens (tertiary/aromatic N) is 5. The summed E-state index contributed by atoms with van der Waals surface area (Å²) in [6.45, 7) is 4.45. The number of rotatable bonds is 6. The molecule has 2 N–H and O–H groups in total. The van der Waals surface area contributed by atoms with Gasteiger partial charge in [0.05, 0.1) is 44.3 Å². The normalized spacial score (nSPS) is 17.8. The number of piperidine rings is 1. The summed E-state index contributed by atoms with van der Waals surface area (Å²) in [6.07, 6.45) is 6.81. The van der Waals surface area contributed by atoms with Crippen molar-refractivity contribution < 1.29 is 18.8 Å². The lowest BCUT2D eigenvalue weighted by atomic mass is 10.0. The summed E-state index contributed by atoms with van der Waals surface area (Å²) < 4.78 is 13.7. The molecule has 0 atom stereocenters. The second kappa shape index (κ2) is 10.2. The minimum absolute atomic E-state index is 0.0219. The van der Waals surface area contributed by atoms with Crippen molar-refractivity contribution in [2.75, 3.05) is 37.0 Å². The van der Waals surface area contributed by atoms with Gasteiger partial charge < -0.3 is 24.7 Å². The van der Waals surface area contributed by atoms with Crippen LogP contribution in [0.25, 0.3) is 11.0 Å². The number of ether oxygens (including phenoxy) is 2. The highest BCUT2D eigenvalue weighted by Crippen LogP contribution is 2.40. The molecule has 41 heavy (non-hydrogen) atoms. The molecule has 2 fully saturated rings. The van der Waals surface area contributed by atoms with Crippen LogP contribution < -0.4 is 24.3 Å². The van der Waals surface area contributed by atoms with Gasteiger partial charge in [-0.2, -0.15) is 0 Å². The first-order valence-corrected chi connectivity index (χ1v) is 14.5. The van der Waals surface area contributed by atoms with Crippen LogP contribution in [0.1, 0.15) is 48.6 Å². The quantitative estimate of drug-likeness (QED) is 0.332. The van der Waals surface area contributed by atoms with Crippen LogP contribution in [0.3, 0.4) is 0 Å². The monoisotopic (exact) mass is 554 g/mol. The molecule has 10 nitrogen and oxygen atoms in total. The molecular weight excluding hydrogens is 518 g/mol. The highest BCUT2D eigenvalue weighted by Gasteiger charge is 2.33. The van der Waals surface area contributed by atoms with E-state index >= 15 is 0 Å². The predicted molar refractivity (Wildman–Crippen MR) is 156 cm³/mol. The number of hydrogen-bond acceptors (Lipinski definition) is 6. The number of H-pyrrole nitrogens is 1. The number of benzene rings is 2. The molecule has 3 aliphatic rings. The molecule has 1 saturated carbocycles. The number of nitrogens with one attached hydrogen (secondary N) is 2. The number of anilines is 2. The number of aryl methyl sites for hydroxylation is 2. The number of amides is 2. The van der Waals surface area contributed by atoms with Gasteiger partial charge in [-0.1, -0.05) is 4.98 Å². The van der Waals surface area contributed by atoms with E-state index in [4.69, 9.17) is 14.5 Å². The van der Waals surface area contributed by atoms with Crippen LogP contribution in [-0.4, -0.2) is 58.7 Å². The number of aromatic nitrogens is 4. The number of carbonyl (C=O) groups excluding carboxylic acids is 1. The van der Waals surface area contributed by atoms with E-state index in [1.807, 2.05) is 52.9 Å². The minimum Gasteiger partial charge on any atom is -0.497 e. The summed E-state index contributed by atoms with van der Waals surface area (Å²) in [4.78, 5) is 30.3. The zero-order chi connectivity index (χ0) is 28.1. The summed E-state index contributed by atoms with van der Waals surface area (Å²) in [5.74, 6) is 4.82. The molecule has 4 aromatic rings. The average Bonchev–Trinajstić information content (AvgIpc) is 3.76. The molecule has 2 aromatic carbocycles. The van der Waals surface area contributed by atoms with Crippen LogP contribution in [0.15, 0.2) is 42.7 Å². The van der Waals surface area contributed by atoms with E-state index in [0.29, 0.717) is 18.3 Å². The predicted octanol–water partition coefficient (Wildman–Crippen LogP) is 4.83. The molecule has 0 spiro atoms. The lowest BCUT2D eigenvalue weighted by molar-refractivity contribution is -0.662. The van der Waals surface area contributed by atoms with E-state index in [-0.39, 0.29) is 12.1 Å². The number of hydrogen-bond donors (Lipinski definition) is 2. The van der Waals surface area contributed by atoms with Crippen LogP contribution in [0.2, 0.25) is 0 Å². The van der Waals surface area contributed by atoms with Crippen LogP contribution in [0, 0.1) is 6.92 Å². The van der Waals surface area contributed by atoms with Crippen molar-refractivity contribution in [1.82, 2.24) is 19.9 Å². The zero-order valence-corrected chi connectivity index (χ0v) is 23.8. The molecule has 10 heteroatoms. The first-order chi connectivity index (χ1) is 19.9. The van der Waals surface area contributed by atoms with Gasteiger partial charge in [-0.15, -0.1) is 0 Å². The average molecular weight is 555 g/mol. The molecule has 2 aromatic heterocycles. The maximum atomic E-state index is 13.1. The first kappa shape index (κ1) is 25.6. The second-order valence-corrected chi connectivity index (χ2v) is 11.4. The van der Waals surface area contributed by atoms with Gasteiger partial charge in [-0.05, 0) is 74.4 Å². The Labute approximate surface area is 239 Å². The Balaban J connectivity index is 1.03. The molecule has 2 aliphatic heterocycles. The Kier molecular flexibility index (Phi) is 6.40. The molecule has 212 valence electrons. The number of aromatic amines is 1. The minimum atomic E-state index is -0.0219. The van der Waals surface area contributed by atoms with Gasteiger partial charge in [0.1, 0.15) is 17.3 Å². The van der Waals surface area contributed by atoms with E-state index in [1.165, 1.54) is 12.8 Å². The lowest BCUT2D eigenvalue weighted by Crippen LogP contribution is -2.51. The van der Waals surface area contributed by atoms with E-state index in [0.717, 1.165) is 83.3 Å². The summed E-state index contributed by atoms with van der Waals surface area (Å²) in [7, 11) is 3.67. The van der Waals surface area contributed by atoms with Crippen molar-refractivity contribution in [3.63, 3.8) is 0 Å².